The lowest BCUT2D eigenvalue weighted by atomic mass is 9.94. The molecule has 2 aliphatic heterocycles. The van der Waals surface area contributed by atoms with Crippen LogP contribution in [0, 0.1) is 17.6 Å². The highest BCUT2D eigenvalue weighted by Crippen LogP contribution is 2.26. The Hall–Kier alpha value is -1.00. The lowest BCUT2D eigenvalue weighted by Crippen LogP contribution is -2.40. The van der Waals surface area contributed by atoms with E-state index in [1.54, 1.807) is 6.07 Å². The van der Waals surface area contributed by atoms with Gasteiger partial charge in [-0.1, -0.05) is 6.07 Å². The third-order valence-electron chi connectivity index (χ3n) is 4.08. The van der Waals surface area contributed by atoms with Crippen molar-refractivity contribution in [1.82, 2.24) is 10.2 Å². The summed E-state index contributed by atoms with van der Waals surface area (Å²) in [6, 6.07) is 4.42. The summed E-state index contributed by atoms with van der Waals surface area (Å²) in [5, 5.41) is 3.53. The van der Waals surface area contributed by atoms with Crippen LogP contribution in [0.2, 0.25) is 0 Å². The molecule has 1 aromatic carbocycles. The second-order valence-corrected chi connectivity index (χ2v) is 5.39. The summed E-state index contributed by atoms with van der Waals surface area (Å²) in [4.78, 5) is 2.27. The van der Waals surface area contributed by atoms with Gasteiger partial charge in [0.05, 0.1) is 0 Å². The highest BCUT2D eigenvalue weighted by molar-refractivity contribution is 5.18. The third-order valence-corrected chi connectivity index (χ3v) is 4.08. The standard InChI is InChI=1S/C14H18F2N2/c15-12-4-3-10(13(16)6-12)7-18-8-11-2-1-5-17-14(11)9-18/h3-4,6,11,14,17H,1-2,5,7-9H2/t11-,14+/m0/s1. The molecule has 1 N–H and O–H groups in total. The predicted molar refractivity (Wildman–Crippen MR) is 66.1 cm³/mol. The van der Waals surface area contributed by atoms with E-state index in [9.17, 15) is 8.78 Å². The molecule has 0 saturated carbocycles. The van der Waals surface area contributed by atoms with Crippen molar-refractivity contribution in [2.75, 3.05) is 19.6 Å². The molecular formula is C14H18F2N2. The van der Waals surface area contributed by atoms with Crippen LogP contribution in [0.5, 0.6) is 0 Å². The predicted octanol–water partition coefficient (Wildman–Crippen LogP) is 2.15. The number of likely N-dealkylation sites (tertiary alicyclic amines) is 1. The third kappa shape index (κ3) is 2.40. The van der Waals surface area contributed by atoms with Crippen LogP contribution in [0.25, 0.3) is 0 Å². The molecule has 0 aliphatic carbocycles. The Morgan fingerprint density at radius 3 is 2.94 bits per heavy atom. The van der Waals surface area contributed by atoms with Gasteiger partial charge >= 0.3 is 0 Å². The average molecular weight is 252 g/mol. The summed E-state index contributed by atoms with van der Waals surface area (Å²) >= 11 is 0. The Labute approximate surface area is 106 Å². The highest BCUT2D eigenvalue weighted by Gasteiger charge is 2.34. The van der Waals surface area contributed by atoms with Crippen LogP contribution in [0.3, 0.4) is 0 Å². The second-order valence-electron chi connectivity index (χ2n) is 5.39. The maximum absolute atomic E-state index is 13.6. The van der Waals surface area contributed by atoms with Gasteiger partial charge < -0.3 is 5.32 Å². The van der Waals surface area contributed by atoms with E-state index >= 15 is 0 Å². The molecule has 1 aromatic rings. The largest absolute Gasteiger partial charge is 0.312 e. The molecule has 2 saturated heterocycles. The molecule has 2 fully saturated rings. The van der Waals surface area contributed by atoms with E-state index in [-0.39, 0.29) is 0 Å². The molecule has 0 radical (unpaired) electrons. The Bertz CT molecular complexity index is 422. The molecule has 0 bridgehead atoms. The van der Waals surface area contributed by atoms with Crippen molar-refractivity contribution >= 4 is 0 Å². The summed E-state index contributed by atoms with van der Waals surface area (Å²) in [7, 11) is 0. The molecule has 98 valence electrons. The van der Waals surface area contributed by atoms with Gasteiger partial charge in [-0.25, -0.2) is 8.78 Å². The van der Waals surface area contributed by atoms with Crippen LogP contribution in [0.15, 0.2) is 18.2 Å². The zero-order chi connectivity index (χ0) is 12.5. The topological polar surface area (TPSA) is 15.3 Å². The first-order valence-corrected chi connectivity index (χ1v) is 6.62. The van der Waals surface area contributed by atoms with E-state index in [1.807, 2.05) is 0 Å². The average Bonchev–Trinajstić information content (AvgIpc) is 2.75. The first-order chi connectivity index (χ1) is 8.72. The Morgan fingerprint density at radius 2 is 2.17 bits per heavy atom. The van der Waals surface area contributed by atoms with Gasteiger partial charge in [0.25, 0.3) is 0 Å². The van der Waals surface area contributed by atoms with Gasteiger partial charge in [0.2, 0.25) is 0 Å². The van der Waals surface area contributed by atoms with E-state index in [4.69, 9.17) is 0 Å². The van der Waals surface area contributed by atoms with Crippen molar-refractivity contribution in [3.63, 3.8) is 0 Å². The summed E-state index contributed by atoms with van der Waals surface area (Å²) in [6.45, 7) is 3.68. The Kier molecular flexibility index (Phi) is 3.31. The van der Waals surface area contributed by atoms with Gasteiger partial charge in [-0.3, -0.25) is 4.90 Å². The number of benzene rings is 1. The van der Waals surface area contributed by atoms with Crippen LogP contribution in [-0.4, -0.2) is 30.6 Å². The minimum atomic E-state index is -0.506. The van der Waals surface area contributed by atoms with Gasteiger partial charge in [0, 0.05) is 37.3 Å². The van der Waals surface area contributed by atoms with E-state index in [1.165, 1.54) is 18.9 Å². The monoisotopic (exact) mass is 252 g/mol. The van der Waals surface area contributed by atoms with Gasteiger partial charge in [0.15, 0.2) is 0 Å². The lowest BCUT2D eigenvalue weighted by molar-refractivity contribution is 0.307. The summed E-state index contributed by atoms with van der Waals surface area (Å²) in [6.07, 6.45) is 2.50. The summed E-state index contributed by atoms with van der Waals surface area (Å²) in [5.74, 6) is -0.243. The number of halogens is 2. The fourth-order valence-corrected chi connectivity index (χ4v) is 3.16. The fraction of sp³-hybridized carbons (Fsp3) is 0.571. The van der Waals surface area contributed by atoms with Crippen molar-refractivity contribution in [3.8, 4) is 0 Å². The van der Waals surface area contributed by atoms with Crippen LogP contribution in [0.1, 0.15) is 18.4 Å². The van der Waals surface area contributed by atoms with Crippen molar-refractivity contribution in [2.24, 2.45) is 5.92 Å². The Balaban J connectivity index is 1.66. The number of nitrogens with zero attached hydrogens (tertiary/aromatic N) is 1. The summed E-state index contributed by atoms with van der Waals surface area (Å²) < 4.78 is 26.4. The number of nitrogens with one attached hydrogen (secondary N) is 1. The lowest BCUT2D eigenvalue weighted by Gasteiger charge is -2.24. The van der Waals surface area contributed by atoms with Crippen molar-refractivity contribution in [1.29, 1.82) is 0 Å². The maximum Gasteiger partial charge on any atom is 0.130 e. The molecule has 2 atom stereocenters. The molecule has 4 heteroatoms. The number of rotatable bonds is 2. The number of piperidine rings is 1. The smallest absolute Gasteiger partial charge is 0.130 e. The van der Waals surface area contributed by atoms with Crippen LogP contribution in [-0.2, 0) is 6.54 Å². The van der Waals surface area contributed by atoms with Crippen molar-refractivity contribution in [2.45, 2.75) is 25.4 Å². The molecular weight excluding hydrogens is 234 g/mol. The molecule has 0 unspecified atom stereocenters. The minimum absolute atomic E-state index is 0.433. The van der Waals surface area contributed by atoms with E-state index in [0.717, 1.165) is 25.7 Å². The Morgan fingerprint density at radius 1 is 1.28 bits per heavy atom. The highest BCUT2D eigenvalue weighted by atomic mass is 19.1. The maximum atomic E-state index is 13.6. The second kappa shape index (κ2) is 4.94. The molecule has 3 rings (SSSR count). The SMILES string of the molecule is Fc1ccc(CN2C[C@@H]3CCCN[C@@H]3C2)c(F)c1. The molecule has 2 heterocycles. The quantitative estimate of drug-likeness (QED) is 0.867. The first kappa shape index (κ1) is 12.1. The van der Waals surface area contributed by atoms with Gasteiger partial charge in [-0.15, -0.1) is 0 Å². The zero-order valence-corrected chi connectivity index (χ0v) is 10.3. The van der Waals surface area contributed by atoms with Gasteiger partial charge in [0.1, 0.15) is 11.6 Å². The van der Waals surface area contributed by atoms with Gasteiger partial charge in [-0.2, -0.15) is 0 Å². The molecule has 2 nitrogen and oxygen atoms in total. The van der Waals surface area contributed by atoms with E-state index in [0.29, 0.717) is 24.1 Å². The molecule has 0 aromatic heterocycles. The number of hydrogen-bond acceptors (Lipinski definition) is 2. The van der Waals surface area contributed by atoms with Crippen molar-refractivity contribution in [3.05, 3.63) is 35.4 Å². The molecule has 0 spiro atoms. The van der Waals surface area contributed by atoms with Crippen LogP contribution >= 0.6 is 0 Å². The van der Waals surface area contributed by atoms with Gasteiger partial charge in [-0.05, 0) is 31.4 Å². The normalized spacial score (nSPS) is 28.3. The van der Waals surface area contributed by atoms with E-state index in [2.05, 4.69) is 10.2 Å². The fourth-order valence-electron chi connectivity index (χ4n) is 3.16. The molecule has 18 heavy (non-hydrogen) atoms. The van der Waals surface area contributed by atoms with Crippen LogP contribution < -0.4 is 5.32 Å². The minimum Gasteiger partial charge on any atom is -0.312 e. The van der Waals surface area contributed by atoms with E-state index < -0.39 is 11.6 Å². The first-order valence-electron chi connectivity index (χ1n) is 6.62. The zero-order valence-electron chi connectivity index (χ0n) is 10.3. The number of hydrogen-bond donors (Lipinski definition) is 1. The molecule has 0 amide bonds. The molecule has 2 aliphatic rings. The van der Waals surface area contributed by atoms with Crippen LogP contribution in [0.4, 0.5) is 8.78 Å². The summed E-state index contributed by atoms with van der Waals surface area (Å²) in [5.41, 5.74) is 0.593. The van der Waals surface area contributed by atoms with Crippen molar-refractivity contribution < 1.29 is 8.78 Å². The number of fused-ring (bicyclic) bond motifs is 1.